The lowest BCUT2D eigenvalue weighted by molar-refractivity contribution is 0.214. The maximum absolute atomic E-state index is 12.8. The third-order valence-electron chi connectivity index (χ3n) is 4.60. The lowest BCUT2D eigenvalue weighted by Gasteiger charge is -2.26. The van der Waals surface area contributed by atoms with E-state index in [0.717, 1.165) is 23.5 Å². The maximum atomic E-state index is 12.8. The van der Waals surface area contributed by atoms with E-state index in [0.29, 0.717) is 0 Å². The summed E-state index contributed by atoms with van der Waals surface area (Å²) in [5.41, 5.74) is 4.61. The molecule has 2 aromatic carbocycles. The van der Waals surface area contributed by atoms with Gasteiger partial charge in [-0.25, -0.2) is 4.79 Å². The minimum Gasteiger partial charge on any atom is -0.308 e. The average Bonchev–Trinajstić information content (AvgIpc) is 3.06. The second-order valence-electron chi connectivity index (χ2n) is 7.53. The Hall–Kier alpha value is -1.94. The number of nitrogens with one attached hydrogen (secondary N) is 1. The minimum absolute atomic E-state index is 0.0239. The quantitative estimate of drug-likeness (QED) is 0.764. The van der Waals surface area contributed by atoms with Crippen LogP contribution in [0.2, 0.25) is 0 Å². The van der Waals surface area contributed by atoms with E-state index in [4.69, 9.17) is 0 Å². The number of rotatable bonds is 2. The lowest BCUT2D eigenvalue weighted by Crippen LogP contribution is -2.34. The highest BCUT2D eigenvalue weighted by atomic mass is 32.2. The van der Waals surface area contributed by atoms with Crippen molar-refractivity contribution in [1.82, 2.24) is 4.90 Å². The summed E-state index contributed by atoms with van der Waals surface area (Å²) >= 11 is 1.83. The molecule has 2 aromatic rings. The molecule has 0 spiro atoms. The SMILES string of the molecule is Cc1ccccc1NC(=O)N1CCSC1c1ccc(C(C)(C)C)cc1. The maximum Gasteiger partial charge on any atom is 0.323 e. The van der Waals surface area contributed by atoms with Gasteiger partial charge in [0.2, 0.25) is 0 Å². The topological polar surface area (TPSA) is 32.3 Å². The summed E-state index contributed by atoms with van der Waals surface area (Å²) in [7, 11) is 0. The second-order valence-corrected chi connectivity index (χ2v) is 8.72. The van der Waals surface area contributed by atoms with Gasteiger partial charge in [-0.15, -0.1) is 11.8 Å². The number of urea groups is 1. The molecule has 1 aliphatic heterocycles. The average molecular weight is 355 g/mol. The van der Waals surface area contributed by atoms with E-state index in [1.165, 1.54) is 11.1 Å². The van der Waals surface area contributed by atoms with Gasteiger partial charge in [0.25, 0.3) is 0 Å². The van der Waals surface area contributed by atoms with Crippen molar-refractivity contribution >= 4 is 23.5 Å². The third kappa shape index (κ3) is 4.01. The van der Waals surface area contributed by atoms with E-state index in [1.54, 1.807) is 0 Å². The number of amides is 2. The zero-order chi connectivity index (χ0) is 18.0. The first-order valence-corrected chi connectivity index (χ1v) is 9.76. The number of anilines is 1. The van der Waals surface area contributed by atoms with Crippen LogP contribution < -0.4 is 5.32 Å². The summed E-state index contributed by atoms with van der Waals surface area (Å²) in [6, 6.07) is 16.6. The number of carbonyl (C=O) groups excluding carboxylic acids is 1. The Morgan fingerprint density at radius 2 is 1.80 bits per heavy atom. The highest BCUT2D eigenvalue weighted by Gasteiger charge is 2.31. The Balaban J connectivity index is 1.76. The standard InChI is InChI=1S/C21H26N2OS/c1-15-7-5-6-8-18(15)22-20(24)23-13-14-25-19(23)16-9-11-17(12-10-16)21(2,3)4/h5-12,19H,13-14H2,1-4H3,(H,22,24). The molecule has 0 radical (unpaired) electrons. The summed E-state index contributed by atoms with van der Waals surface area (Å²) in [5, 5.41) is 3.14. The van der Waals surface area contributed by atoms with E-state index in [9.17, 15) is 4.79 Å². The summed E-state index contributed by atoms with van der Waals surface area (Å²) in [6.07, 6.45) is 0. The molecule has 132 valence electrons. The molecular weight excluding hydrogens is 328 g/mol. The number of benzene rings is 2. The minimum atomic E-state index is -0.0239. The Bertz CT molecular complexity index is 749. The summed E-state index contributed by atoms with van der Waals surface area (Å²) in [6.45, 7) is 9.43. The molecule has 3 rings (SSSR count). The highest BCUT2D eigenvalue weighted by molar-refractivity contribution is 7.99. The lowest BCUT2D eigenvalue weighted by atomic mass is 9.87. The summed E-state index contributed by atoms with van der Waals surface area (Å²) < 4.78 is 0. The number of aryl methyl sites for hydroxylation is 1. The zero-order valence-corrected chi connectivity index (χ0v) is 16.2. The van der Waals surface area contributed by atoms with Crippen LogP contribution in [0.1, 0.15) is 42.8 Å². The van der Waals surface area contributed by atoms with E-state index in [2.05, 4.69) is 50.4 Å². The van der Waals surface area contributed by atoms with Gasteiger partial charge >= 0.3 is 6.03 Å². The number of thioether (sulfide) groups is 1. The Morgan fingerprint density at radius 3 is 2.44 bits per heavy atom. The van der Waals surface area contributed by atoms with Gasteiger partial charge in [0.15, 0.2) is 0 Å². The van der Waals surface area contributed by atoms with Crippen molar-refractivity contribution in [2.75, 3.05) is 17.6 Å². The number of hydrogen-bond acceptors (Lipinski definition) is 2. The monoisotopic (exact) mass is 354 g/mol. The molecule has 4 heteroatoms. The van der Waals surface area contributed by atoms with Crippen molar-refractivity contribution in [3.05, 3.63) is 65.2 Å². The smallest absolute Gasteiger partial charge is 0.308 e. The molecule has 0 saturated carbocycles. The fourth-order valence-corrected chi connectivity index (χ4v) is 4.26. The largest absolute Gasteiger partial charge is 0.323 e. The van der Waals surface area contributed by atoms with E-state index in [1.807, 2.05) is 47.9 Å². The van der Waals surface area contributed by atoms with Crippen LogP contribution >= 0.6 is 11.8 Å². The first-order chi connectivity index (χ1) is 11.9. The molecule has 2 amide bonds. The molecule has 1 atom stereocenters. The number of para-hydroxylation sites is 1. The van der Waals surface area contributed by atoms with Crippen molar-refractivity contribution in [1.29, 1.82) is 0 Å². The molecule has 0 aliphatic carbocycles. The molecule has 1 saturated heterocycles. The first kappa shape index (κ1) is 17.9. The van der Waals surface area contributed by atoms with Crippen LogP contribution in [0, 0.1) is 6.92 Å². The van der Waals surface area contributed by atoms with E-state index >= 15 is 0 Å². The normalized spacial score (nSPS) is 17.6. The van der Waals surface area contributed by atoms with Gasteiger partial charge < -0.3 is 10.2 Å². The van der Waals surface area contributed by atoms with Gasteiger partial charge in [-0.1, -0.05) is 63.2 Å². The molecule has 0 aromatic heterocycles. The van der Waals surface area contributed by atoms with Crippen LogP contribution in [0.5, 0.6) is 0 Å². The van der Waals surface area contributed by atoms with Gasteiger partial charge in [0, 0.05) is 18.0 Å². The Morgan fingerprint density at radius 1 is 1.12 bits per heavy atom. The van der Waals surface area contributed by atoms with Crippen LogP contribution in [0.25, 0.3) is 0 Å². The third-order valence-corrected chi connectivity index (χ3v) is 5.86. The van der Waals surface area contributed by atoms with Crippen molar-refractivity contribution in [3.63, 3.8) is 0 Å². The van der Waals surface area contributed by atoms with Crippen LogP contribution in [0.4, 0.5) is 10.5 Å². The van der Waals surface area contributed by atoms with Gasteiger partial charge in [-0.3, -0.25) is 0 Å². The predicted molar refractivity (Wildman–Crippen MR) is 107 cm³/mol. The van der Waals surface area contributed by atoms with Crippen LogP contribution in [0.3, 0.4) is 0 Å². The van der Waals surface area contributed by atoms with Crippen molar-refractivity contribution in [2.24, 2.45) is 0 Å². The number of hydrogen-bond donors (Lipinski definition) is 1. The summed E-state index contributed by atoms with van der Waals surface area (Å²) in [5.74, 6) is 0.965. The van der Waals surface area contributed by atoms with Crippen LogP contribution in [-0.2, 0) is 5.41 Å². The fourth-order valence-electron chi connectivity index (χ4n) is 3.00. The Labute approximate surface area is 154 Å². The number of nitrogens with zero attached hydrogens (tertiary/aromatic N) is 1. The molecule has 1 unspecified atom stereocenters. The van der Waals surface area contributed by atoms with E-state index in [-0.39, 0.29) is 16.8 Å². The Kier molecular flexibility index (Phi) is 5.09. The van der Waals surface area contributed by atoms with Gasteiger partial charge in [-0.05, 0) is 35.1 Å². The molecule has 3 nitrogen and oxygen atoms in total. The summed E-state index contributed by atoms with van der Waals surface area (Å²) in [4.78, 5) is 14.7. The zero-order valence-electron chi connectivity index (χ0n) is 15.4. The molecular formula is C21H26N2OS. The van der Waals surface area contributed by atoms with Gasteiger partial charge in [0.1, 0.15) is 5.37 Å². The highest BCUT2D eigenvalue weighted by Crippen LogP contribution is 2.39. The molecule has 1 N–H and O–H groups in total. The van der Waals surface area contributed by atoms with Gasteiger partial charge in [0.05, 0.1) is 0 Å². The van der Waals surface area contributed by atoms with Crippen molar-refractivity contribution in [3.8, 4) is 0 Å². The second kappa shape index (κ2) is 7.12. The van der Waals surface area contributed by atoms with Crippen LogP contribution in [0.15, 0.2) is 48.5 Å². The van der Waals surface area contributed by atoms with Crippen LogP contribution in [-0.4, -0.2) is 23.2 Å². The van der Waals surface area contributed by atoms with Crippen molar-refractivity contribution < 1.29 is 4.79 Å². The molecule has 1 aliphatic rings. The van der Waals surface area contributed by atoms with Gasteiger partial charge in [-0.2, -0.15) is 0 Å². The first-order valence-electron chi connectivity index (χ1n) is 8.71. The molecule has 1 heterocycles. The molecule has 25 heavy (non-hydrogen) atoms. The fraction of sp³-hybridized carbons (Fsp3) is 0.381. The predicted octanol–water partition coefficient (Wildman–Crippen LogP) is 5.57. The van der Waals surface area contributed by atoms with E-state index < -0.39 is 0 Å². The molecule has 1 fully saturated rings. The molecule has 0 bridgehead atoms. The van der Waals surface area contributed by atoms with Crippen molar-refractivity contribution in [2.45, 2.75) is 38.5 Å². The number of carbonyl (C=O) groups is 1.